The Kier molecular flexibility index (Phi) is 21.6. The molecule has 5 aromatic carbocycles. The first kappa shape index (κ1) is 75.2. The number of fused-ring (bicyclic) bond motifs is 12. The number of ketones is 2. The summed E-state index contributed by atoms with van der Waals surface area (Å²) in [5.41, 5.74) is 18.9. The highest BCUT2D eigenvalue weighted by Gasteiger charge is 2.53. The molecule has 0 radical (unpaired) electrons. The molecule has 0 spiro atoms. The van der Waals surface area contributed by atoms with Crippen molar-refractivity contribution in [3.8, 4) is 33.0 Å². The van der Waals surface area contributed by atoms with E-state index in [-0.39, 0.29) is 23.0 Å². The number of allylic oxidation sites excluding steroid dienone is 4. The van der Waals surface area contributed by atoms with E-state index in [1.165, 1.54) is 210 Å². The van der Waals surface area contributed by atoms with Crippen LogP contribution in [-0.4, -0.2) is 11.6 Å². The van der Waals surface area contributed by atoms with Gasteiger partial charge in [-0.1, -0.05) is 202 Å². The SMILES string of the molecule is [C-]#[N+]C(C#N)=C1/C(=c2/cc/c(=C\c3cc4c(s3)-c3cc5c(cc3C4(c3ccc(CCCCCC)cc3)c3ccc(CCCCCC)cc3)-c3sc(/C=c4\cc/c(=C6\C(=O)c7c(sc8ccsc78)\C6=C(/C#N)[N+]#[C-])s4)cc3C5(c3ccc(CCCCCC)cc3)c3ccc(CCCCCC)cc3)s2)C(=O)c2c1sc1ccsc21. The molecule has 0 unspecified atom stereocenters. The van der Waals surface area contributed by atoms with Crippen molar-refractivity contribution >= 4 is 156 Å². The molecular weight excluding hydrogens is 1520 g/mol. The monoisotopic (exact) mass is 1600 g/mol. The molecule has 0 N–H and O–H groups in total. The smallest absolute Gasteiger partial charge is 0.271 e. The summed E-state index contributed by atoms with van der Waals surface area (Å²) < 4.78 is 7.24. The summed E-state index contributed by atoms with van der Waals surface area (Å²) >= 11 is 12.8. The quantitative estimate of drug-likeness (QED) is 0.0307. The maximum absolute atomic E-state index is 14.9. The Balaban J connectivity index is 0.908. The van der Waals surface area contributed by atoms with Crippen molar-refractivity contribution in [2.45, 2.75) is 167 Å². The fourth-order valence-electron chi connectivity index (χ4n) is 17.8. The van der Waals surface area contributed by atoms with Gasteiger partial charge in [0.2, 0.25) is 0 Å². The van der Waals surface area contributed by atoms with Gasteiger partial charge in [0.15, 0.2) is 11.6 Å². The minimum atomic E-state index is -0.780. The molecule has 13 aromatic rings. The molecule has 112 heavy (non-hydrogen) atoms. The van der Waals surface area contributed by atoms with Gasteiger partial charge < -0.3 is 0 Å². The lowest BCUT2D eigenvalue weighted by Gasteiger charge is -2.35. The lowest BCUT2D eigenvalue weighted by Crippen LogP contribution is -2.30. The van der Waals surface area contributed by atoms with Crippen LogP contribution in [0.25, 0.3) is 83.8 Å². The summed E-state index contributed by atoms with van der Waals surface area (Å²) in [6.07, 6.45) is 27.7. The first-order chi connectivity index (χ1) is 55.0. The Labute approximate surface area is 687 Å². The zero-order valence-electron chi connectivity index (χ0n) is 63.3. The number of aryl methyl sites for hydroxylation is 4. The van der Waals surface area contributed by atoms with E-state index in [2.05, 4.69) is 195 Å². The second-order valence-electron chi connectivity index (χ2n) is 30.1. The molecule has 0 bridgehead atoms. The van der Waals surface area contributed by atoms with Crippen LogP contribution in [0.2, 0.25) is 0 Å². The molecule has 6 nitrogen and oxygen atoms in total. The van der Waals surface area contributed by atoms with Crippen LogP contribution in [0.5, 0.6) is 0 Å². The summed E-state index contributed by atoms with van der Waals surface area (Å²) in [6, 6.07) is 65.4. The van der Waals surface area contributed by atoms with Crippen LogP contribution in [0.15, 0.2) is 180 Å². The van der Waals surface area contributed by atoms with E-state index in [0.29, 0.717) is 43.2 Å². The average Bonchev–Trinajstić information content (AvgIpc) is 1.50. The Morgan fingerprint density at radius 3 is 1.04 bits per heavy atom. The fourth-order valence-corrected chi connectivity index (χ4v) is 27.2. The molecule has 0 fully saturated rings. The predicted octanol–water partition coefficient (Wildman–Crippen LogP) is 25.8. The molecule has 4 aliphatic rings. The van der Waals surface area contributed by atoms with E-state index in [4.69, 9.17) is 13.1 Å². The van der Waals surface area contributed by atoms with Crippen molar-refractivity contribution in [1.29, 1.82) is 10.5 Å². The zero-order chi connectivity index (χ0) is 76.8. The molecular formula is C98H82N4O2S8. The van der Waals surface area contributed by atoms with Crippen LogP contribution >= 0.6 is 90.7 Å². The van der Waals surface area contributed by atoms with Gasteiger partial charge in [-0.2, -0.15) is 0 Å². The van der Waals surface area contributed by atoms with Crippen LogP contribution < -0.4 is 18.1 Å². The average molecular weight is 1600 g/mol. The molecule has 4 aliphatic carbocycles. The van der Waals surface area contributed by atoms with Crippen LogP contribution in [0.3, 0.4) is 0 Å². The lowest BCUT2D eigenvalue weighted by atomic mass is 9.65. The molecule has 554 valence electrons. The first-order valence-corrected chi connectivity index (χ1v) is 46.3. The van der Waals surface area contributed by atoms with Crippen molar-refractivity contribution in [2.75, 3.05) is 0 Å². The number of benzene rings is 5. The number of nitriles is 2. The van der Waals surface area contributed by atoms with Gasteiger partial charge in [-0.05, 0) is 213 Å². The number of thiophene rings is 8. The molecule has 8 aromatic heterocycles. The Hall–Kier alpha value is -9.52. The molecule has 0 atom stereocenters. The van der Waals surface area contributed by atoms with E-state index in [1.54, 1.807) is 22.7 Å². The predicted molar refractivity (Wildman–Crippen MR) is 476 cm³/mol. The highest BCUT2D eigenvalue weighted by molar-refractivity contribution is 7.29. The van der Waals surface area contributed by atoms with Gasteiger partial charge in [-0.25, -0.2) is 20.2 Å². The van der Waals surface area contributed by atoms with Crippen LogP contribution in [-0.2, 0) is 36.5 Å². The lowest BCUT2D eigenvalue weighted by molar-refractivity contribution is 0.105. The van der Waals surface area contributed by atoms with E-state index >= 15 is 0 Å². The van der Waals surface area contributed by atoms with E-state index < -0.39 is 10.8 Å². The second-order valence-corrected chi connectivity index (χ2v) is 38.4. The number of rotatable bonds is 26. The van der Waals surface area contributed by atoms with E-state index in [0.717, 1.165) is 98.0 Å². The van der Waals surface area contributed by atoms with Crippen molar-refractivity contribution in [2.24, 2.45) is 0 Å². The van der Waals surface area contributed by atoms with Gasteiger partial charge in [0, 0.05) is 79.1 Å². The van der Waals surface area contributed by atoms with Gasteiger partial charge in [0.25, 0.3) is 11.4 Å². The number of hydrogen-bond donors (Lipinski definition) is 0. The summed E-state index contributed by atoms with van der Waals surface area (Å²) in [7, 11) is 0. The number of Topliss-reactive ketones (excluding diaryl/α,β-unsaturated/α-hetero) is 2. The minimum absolute atomic E-state index is 0.0608. The molecule has 8 heterocycles. The molecule has 0 saturated carbocycles. The Bertz CT molecular complexity index is 5880. The maximum atomic E-state index is 14.9. The maximum Gasteiger partial charge on any atom is 0.271 e. The third kappa shape index (κ3) is 13.0. The second kappa shape index (κ2) is 32.2. The van der Waals surface area contributed by atoms with Gasteiger partial charge in [0.1, 0.15) is 0 Å². The third-order valence-corrected chi connectivity index (χ3v) is 32.1. The fraction of sp³-hybridized carbons (Fsp3) is 0.265. The van der Waals surface area contributed by atoms with Gasteiger partial charge >= 0.3 is 0 Å². The molecule has 17 rings (SSSR count). The Morgan fingerprint density at radius 2 is 0.732 bits per heavy atom. The molecule has 14 heteroatoms. The normalized spacial score (nSPS) is 16.4. The third-order valence-electron chi connectivity index (χ3n) is 23.3. The zero-order valence-corrected chi connectivity index (χ0v) is 69.9. The summed E-state index contributed by atoms with van der Waals surface area (Å²) in [4.78, 5) is 43.3. The van der Waals surface area contributed by atoms with Gasteiger partial charge in [0.05, 0.1) is 56.6 Å². The number of hydrogen-bond acceptors (Lipinski definition) is 12. The largest absolute Gasteiger partial charge is 0.288 e. The summed E-state index contributed by atoms with van der Waals surface area (Å²) in [5.74, 6) is -0.256. The van der Waals surface area contributed by atoms with Crippen molar-refractivity contribution in [3.63, 3.8) is 0 Å². The highest BCUT2D eigenvalue weighted by Crippen LogP contribution is 2.66. The number of nitrogens with zero attached hydrogens (tertiary/aromatic N) is 4. The Morgan fingerprint density at radius 1 is 0.393 bits per heavy atom. The van der Waals surface area contributed by atoms with Gasteiger partial charge in [-0.3, -0.25) is 9.59 Å². The summed E-state index contributed by atoms with van der Waals surface area (Å²) in [5, 5.41) is 25.0. The minimum Gasteiger partial charge on any atom is -0.288 e. The number of unbranched alkanes of at least 4 members (excludes halogenated alkanes) is 12. The van der Waals surface area contributed by atoms with E-state index in [1.807, 2.05) is 57.7 Å². The van der Waals surface area contributed by atoms with Crippen LogP contribution in [0, 0.1) is 35.8 Å². The standard InChI is InChI=1S/C98H82N4O2S8/c1-7-11-15-19-23-59-27-35-63(36-28-59)97(64-37-29-60(30-38-64)24-20-16-12-8-2)73-55-72-74(56-71(73)91-75(97)53-69(109-91)51-67-43-45-79(107-67)85-83(77(57-99)101-5)95-87(89(85)103)93-81(111-95)47-49-105-93)98(65-39-31-61(32-40-65)25-21-17-13-9-3,66-41-33-62(34-42-66)26-22-18-14-10-4)76-54-70(110-92(72)76)52-68-44-46-80(108-68)86-84(78(58-100)102-6)96-88(90(86)104)94-82(112-96)48-50-106-94/h27-56H,7-26H2,1-4H3/b67-51+,68-52+,83-77+,84-78?,85-79+,86-80+. The molecule has 0 saturated heterocycles. The first-order valence-electron chi connectivity index (χ1n) is 39.6. The van der Waals surface area contributed by atoms with Crippen LogP contribution in [0.4, 0.5) is 0 Å². The molecule has 0 amide bonds. The van der Waals surface area contributed by atoms with Crippen molar-refractivity contribution in [1.82, 2.24) is 0 Å². The van der Waals surface area contributed by atoms with Crippen molar-refractivity contribution in [3.05, 3.63) is 318 Å². The van der Waals surface area contributed by atoms with E-state index in [9.17, 15) is 20.1 Å². The topological polar surface area (TPSA) is 90.4 Å². The number of carbonyl (C=O) groups is 2. The van der Waals surface area contributed by atoms with Crippen LogP contribution in [0.1, 0.15) is 237 Å². The molecule has 0 aliphatic heterocycles. The highest BCUT2D eigenvalue weighted by atomic mass is 32.1. The summed E-state index contributed by atoms with van der Waals surface area (Å²) in [6.45, 7) is 25.4. The van der Waals surface area contributed by atoms with Crippen molar-refractivity contribution < 1.29 is 9.59 Å². The van der Waals surface area contributed by atoms with Gasteiger partial charge in [-0.15, -0.1) is 90.7 Å². The number of carbonyl (C=O) groups excluding carboxylic acids is 2.